The molecule has 1 amide bonds. The zero-order valence-electron chi connectivity index (χ0n) is 20.3. The maximum Gasteiger partial charge on any atom is 0.247 e. The van der Waals surface area contributed by atoms with Gasteiger partial charge in [0.15, 0.2) is 8.32 Å². The second-order valence-corrected chi connectivity index (χ2v) is 14.3. The minimum Gasteiger partial charge on any atom is -0.417 e. The number of aliphatic hydroxyl groups is 3. The van der Waals surface area contributed by atoms with Crippen molar-refractivity contribution >= 4 is 14.2 Å². The van der Waals surface area contributed by atoms with Gasteiger partial charge in [0.2, 0.25) is 5.91 Å². The Kier molecular flexibility index (Phi) is 13.1. The van der Waals surface area contributed by atoms with Crippen LogP contribution in [0.1, 0.15) is 33.6 Å². The predicted molar refractivity (Wildman–Crippen MR) is 124 cm³/mol. The fraction of sp³-hybridized carbons (Fsp3) is 0.864. The van der Waals surface area contributed by atoms with Gasteiger partial charge in [0.05, 0.1) is 39.1 Å². The van der Waals surface area contributed by atoms with Crippen LogP contribution in [-0.4, -0.2) is 101 Å². The minimum absolute atomic E-state index is 0.00445. The van der Waals surface area contributed by atoms with Crippen LogP contribution in [0.25, 0.3) is 0 Å². The monoisotopic (exact) mass is 477 g/mol. The van der Waals surface area contributed by atoms with Gasteiger partial charge in [-0.1, -0.05) is 20.8 Å². The molecule has 1 aliphatic rings. The lowest BCUT2D eigenvalue weighted by atomic mass is 9.92. The van der Waals surface area contributed by atoms with E-state index in [9.17, 15) is 20.1 Å². The van der Waals surface area contributed by atoms with E-state index in [1.807, 2.05) is 0 Å². The molecule has 0 radical (unpaired) electrons. The van der Waals surface area contributed by atoms with E-state index in [1.54, 1.807) is 0 Å². The van der Waals surface area contributed by atoms with Crippen LogP contribution in [0.3, 0.4) is 0 Å². The number of nitrogens with one attached hydrogen (secondary N) is 1. The van der Waals surface area contributed by atoms with E-state index in [2.05, 4.69) is 39.2 Å². The molecule has 0 saturated carbocycles. The van der Waals surface area contributed by atoms with Gasteiger partial charge in [-0.15, -0.1) is 0 Å². The fourth-order valence-electron chi connectivity index (χ4n) is 2.71. The number of carbonyl (C=O) groups is 1. The summed E-state index contributed by atoms with van der Waals surface area (Å²) >= 11 is 0. The summed E-state index contributed by atoms with van der Waals surface area (Å²) in [6.45, 7) is 15.0. The minimum atomic E-state index is -1.68. The molecular weight excluding hydrogens is 434 g/mol. The average molecular weight is 478 g/mol. The highest BCUT2D eigenvalue weighted by Gasteiger charge is 2.36. The zero-order valence-corrected chi connectivity index (χ0v) is 21.3. The van der Waals surface area contributed by atoms with Gasteiger partial charge < -0.3 is 39.3 Å². The molecule has 0 aliphatic heterocycles. The molecule has 1 rings (SSSR count). The van der Waals surface area contributed by atoms with Crippen molar-refractivity contribution in [2.45, 2.75) is 70.1 Å². The molecule has 0 aromatic carbocycles. The van der Waals surface area contributed by atoms with Crippen molar-refractivity contribution in [3.05, 3.63) is 11.6 Å². The summed E-state index contributed by atoms with van der Waals surface area (Å²) in [6, 6.07) is 0. The van der Waals surface area contributed by atoms with Crippen molar-refractivity contribution in [2.24, 2.45) is 0 Å². The van der Waals surface area contributed by atoms with Crippen molar-refractivity contribution in [3.63, 3.8) is 0 Å². The average Bonchev–Trinajstić information content (AvgIpc) is 2.70. The van der Waals surface area contributed by atoms with E-state index < -0.39 is 26.6 Å². The Balaban J connectivity index is 1.92. The Morgan fingerprint density at radius 1 is 1.00 bits per heavy atom. The summed E-state index contributed by atoms with van der Waals surface area (Å²) in [6.07, 6.45) is -1.51. The second-order valence-electron chi connectivity index (χ2n) is 9.50. The zero-order chi connectivity index (χ0) is 24.2. The Morgan fingerprint density at radius 2 is 1.56 bits per heavy atom. The summed E-state index contributed by atoms with van der Waals surface area (Å²) in [5, 5.41) is 31.6. The third kappa shape index (κ3) is 10.8. The first kappa shape index (κ1) is 29.2. The van der Waals surface area contributed by atoms with Crippen LogP contribution in [0.5, 0.6) is 0 Å². The molecule has 1 aliphatic carbocycles. The van der Waals surface area contributed by atoms with Gasteiger partial charge in [-0.05, 0) is 30.6 Å². The summed E-state index contributed by atoms with van der Waals surface area (Å²) in [4.78, 5) is 12.0. The number of aliphatic hydroxyl groups excluding tert-OH is 3. The number of amides is 1. The van der Waals surface area contributed by atoms with Gasteiger partial charge in [-0.25, -0.2) is 0 Å². The highest BCUT2D eigenvalue weighted by Crippen LogP contribution is 2.36. The van der Waals surface area contributed by atoms with Crippen LogP contribution >= 0.6 is 0 Å². The van der Waals surface area contributed by atoms with E-state index >= 15 is 0 Å². The molecular formula is C22H43NO8Si. The molecule has 0 unspecified atom stereocenters. The number of carbonyl (C=O) groups excluding carboxylic acids is 1. The highest BCUT2D eigenvalue weighted by atomic mass is 28.4. The topological polar surface area (TPSA) is 127 Å². The molecule has 4 N–H and O–H groups in total. The van der Waals surface area contributed by atoms with Gasteiger partial charge in [0.1, 0.15) is 12.2 Å². The van der Waals surface area contributed by atoms with Crippen LogP contribution in [0.2, 0.25) is 18.1 Å². The van der Waals surface area contributed by atoms with E-state index in [0.29, 0.717) is 46.2 Å². The lowest BCUT2D eigenvalue weighted by Gasteiger charge is -2.36. The van der Waals surface area contributed by atoms with Gasteiger partial charge in [0, 0.05) is 31.8 Å². The number of rotatable bonds is 15. The van der Waals surface area contributed by atoms with Crippen LogP contribution < -0.4 is 5.32 Å². The molecule has 0 bridgehead atoms. The van der Waals surface area contributed by atoms with E-state index in [0.717, 1.165) is 13.0 Å². The molecule has 0 saturated heterocycles. The van der Waals surface area contributed by atoms with Crippen molar-refractivity contribution < 1.29 is 38.8 Å². The largest absolute Gasteiger partial charge is 0.417 e. The molecule has 9 nitrogen and oxygen atoms in total. The molecule has 0 aromatic heterocycles. The summed E-state index contributed by atoms with van der Waals surface area (Å²) in [7, 11) is -1.68. The Morgan fingerprint density at radius 3 is 2.12 bits per heavy atom. The van der Waals surface area contributed by atoms with Gasteiger partial charge >= 0.3 is 0 Å². The number of hydrogen-bond donors (Lipinski definition) is 4. The third-order valence-electron chi connectivity index (χ3n) is 5.81. The van der Waals surface area contributed by atoms with E-state index in [1.165, 1.54) is 6.08 Å². The fourth-order valence-corrected chi connectivity index (χ4v) is 3.80. The first-order valence-electron chi connectivity index (χ1n) is 11.4. The molecule has 10 heteroatoms. The van der Waals surface area contributed by atoms with E-state index in [-0.39, 0.29) is 22.9 Å². The maximum absolute atomic E-state index is 12.0. The van der Waals surface area contributed by atoms with Crippen molar-refractivity contribution in [1.29, 1.82) is 0 Å². The molecule has 0 aromatic rings. The third-order valence-corrected chi connectivity index (χ3v) is 10.4. The lowest BCUT2D eigenvalue weighted by Crippen LogP contribution is -2.42. The molecule has 0 fully saturated rings. The molecule has 3 atom stereocenters. The Bertz CT molecular complexity index is 579. The normalized spacial score (nSPS) is 22.0. The van der Waals surface area contributed by atoms with Crippen molar-refractivity contribution in [2.75, 3.05) is 52.8 Å². The number of ether oxygens (including phenoxy) is 3. The van der Waals surface area contributed by atoms with Crippen molar-refractivity contribution in [3.8, 4) is 0 Å². The van der Waals surface area contributed by atoms with Crippen molar-refractivity contribution in [1.82, 2.24) is 5.32 Å². The van der Waals surface area contributed by atoms with Gasteiger partial charge in [-0.3, -0.25) is 4.79 Å². The van der Waals surface area contributed by atoms with Gasteiger partial charge in [0.25, 0.3) is 0 Å². The predicted octanol–water partition coefficient (Wildman–Crippen LogP) is 0.977. The SMILES string of the molecule is CC(C)(C)[Si](C)(C)OCCCOCCOCCOCCNC(=O)C1=C[C@@H](O)[C@@H](O)[C@H](O)C1. The Hall–Kier alpha value is -0.853. The Labute approximate surface area is 193 Å². The first-order valence-corrected chi connectivity index (χ1v) is 14.3. The number of hydrogen-bond acceptors (Lipinski definition) is 8. The van der Waals surface area contributed by atoms with Crippen LogP contribution in [0.15, 0.2) is 11.6 Å². The van der Waals surface area contributed by atoms with Crippen LogP contribution in [0.4, 0.5) is 0 Å². The standard InChI is InChI=1S/C22H43NO8Si/c1-22(2,3)32(4,5)31-9-6-8-28-11-13-30-14-12-29-10-7-23-21(27)17-15-18(24)20(26)19(25)16-17/h15,18-20,24-26H,6-14,16H2,1-5H3,(H,23,27)/t18-,19-,20-/m1/s1. The van der Waals surface area contributed by atoms with Crippen LogP contribution in [-0.2, 0) is 23.4 Å². The maximum atomic E-state index is 12.0. The second kappa shape index (κ2) is 14.4. The quantitative estimate of drug-likeness (QED) is 0.203. The first-order chi connectivity index (χ1) is 15.0. The molecule has 188 valence electrons. The molecule has 0 heterocycles. The molecule has 32 heavy (non-hydrogen) atoms. The summed E-state index contributed by atoms with van der Waals surface area (Å²) in [5.41, 5.74) is 0.255. The highest BCUT2D eigenvalue weighted by molar-refractivity contribution is 6.74. The smallest absolute Gasteiger partial charge is 0.247 e. The molecule has 0 spiro atoms. The summed E-state index contributed by atoms with van der Waals surface area (Å²) < 4.78 is 22.5. The van der Waals surface area contributed by atoms with Crippen LogP contribution in [0, 0.1) is 0 Å². The lowest BCUT2D eigenvalue weighted by molar-refractivity contribution is -0.119. The van der Waals surface area contributed by atoms with Gasteiger partial charge in [-0.2, -0.15) is 0 Å². The van der Waals surface area contributed by atoms with E-state index in [4.69, 9.17) is 18.6 Å². The summed E-state index contributed by atoms with van der Waals surface area (Å²) in [5.74, 6) is -0.387.